The maximum atomic E-state index is 12.0. The number of fused-ring (bicyclic) bond motifs is 1. The van der Waals surface area contributed by atoms with E-state index in [0.717, 1.165) is 11.2 Å². The predicted octanol–water partition coefficient (Wildman–Crippen LogP) is 3.67. The first kappa shape index (κ1) is 13.9. The zero-order valence-electron chi connectivity index (χ0n) is 11.2. The van der Waals surface area contributed by atoms with Crippen molar-refractivity contribution in [1.82, 2.24) is 0 Å². The van der Waals surface area contributed by atoms with Gasteiger partial charge in [-0.3, -0.25) is 9.59 Å². The van der Waals surface area contributed by atoms with E-state index in [4.69, 9.17) is 4.42 Å². The van der Waals surface area contributed by atoms with Crippen LogP contribution >= 0.6 is 11.8 Å². The smallest absolute Gasteiger partial charge is 0.192 e. The molecule has 0 aliphatic rings. The van der Waals surface area contributed by atoms with Gasteiger partial charge in [0.05, 0.1) is 10.9 Å². The number of rotatable bonds is 4. The van der Waals surface area contributed by atoms with Gasteiger partial charge in [0.15, 0.2) is 11.7 Å². The molecule has 1 aromatic carbocycles. The Morgan fingerprint density at radius 2 is 2.11 bits per heavy atom. The average molecular weight is 276 g/mol. The molecule has 2 rings (SSSR count). The number of hydrogen-bond donors (Lipinski definition) is 0. The molecule has 0 amide bonds. The van der Waals surface area contributed by atoms with Crippen LogP contribution in [-0.4, -0.2) is 11.5 Å². The lowest BCUT2D eigenvalue weighted by Gasteiger charge is -2.10. The highest BCUT2D eigenvalue weighted by Gasteiger charge is 2.14. The van der Waals surface area contributed by atoms with Crippen molar-refractivity contribution in [2.75, 3.05) is 0 Å². The molecule has 0 saturated carbocycles. The third-order valence-electron chi connectivity index (χ3n) is 2.78. The summed E-state index contributed by atoms with van der Waals surface area (Å²) in [5.41, 5.74) is 0.788. The third-order valence-corrected chi connectivity index (χ3v) is 3.86. The monoisotopic (exact) mass is 276 g/mol. The zero-order valence-corrected chi connectivity index (χ0v) is 12.0. The van der Waals surface area contributed by atoms with Crippen LogP contribution in [0.2, 0.25) is 0 Å². The highest BCUT2D eigenvalue weighted by Crippen LogP contribution is 2.30. The molecule has 3 nitrogen and oxygen atoms in total. The van der Waals surface area contributed by atoms with E-state index in [1.54, 1.807) is 17.8 Å². The van der Waals surface area contributed by atoms with E-state index in [-0.39, 0.29) is 5.43 Å². The molecule has 4 heteroatoms. The highest BCUT2D eigenvalue weighted by atomic mass is 32.2. The number of carbonyl (C=O) groups is 1. The van der Waals surface area contributed by atoms with Crippen molar-refractivity contribution < 1.29 is 9.21 Å². The summed E-state index contributed by atoms with van der Waals surface area (Å²) >= 11 is 1.59. The number of hydrogen-bond acceptors (Lipinski definition) is 4. The number of benzene rings is 1. The van der Waals surface area contributed by atoms with Crippen molar-refractivity contribution in [3.63, 3.8) is 0 Å². The predicted molar refractivity (Wildman–Crippen MR) is 78.2 cm³/mol. The minimum atomic E-state index is -0.0951. The summed E-state index contributed by atoms with van der Waals surface area (Å²) in [6.07, 6.45) is 1.40. The third kappa shape index (κ3) is 2.73. The molecule has 0 unspecified atom stereocenters. The molecule has 100 valence electrons. The van der Waals surface area contributed by atoms with Crippen molar-refractivity contribution in [3.8, 4) is 0 Å². The van der Waals surface area contributed by atoms with Crippen LogP contribution in [0.25, 0.3) is 11.0 Å². The number of carbonyl (C=O) groups excluding carboxylic acids is 1. The van der Waals surface area contributed by atoms with Crippen LogP contribution in [0.5, 0.6) is 0 Å². The summed E-state index contributed by atoms with van der Waals surface area (Å²) in [5, 5.41) is 0.824. The molecule has 0 aliphatic heterocycles. The lowest BCUT2D eigenvalue weighted by molar-refractivity contribution is 0.112. The van der Waals surface area contributed by atoms with E-state index in [0.29, 0.717) is 34.0 Å². The van der Waals surface area contributed by atoms with Crippen molar-refractivity contribution in [2.45, 2.75) is 37.3 Å². The second-order valence-corrected chi connectivity index (χ2v) is 6.19. The first-order valence-electron chi connectivity index (χ1n) is 6.28. The summed E-state index contributed by atoms with van der Waals surface area (Å²) in [4.78, 5) is 24.2. The second-order valence-electron chi connectivity index (χ2n) is 4.57. The van der Waals surface area contributed by atoms with Gasteiger partial charge >= 0.3 is 0 Å². The van der Waals surface area contributed by atoms with Crippen molar-refractivity contribution in [1.29, 1.82) is 0 Å². The first-order chi connectivity index (χ1) is 9.06. The Labute approximate surface area is 116 Å². The van der Waals surface area contributed by atoms with Gasteiger partial charge in [-0.05, 0) is 12.1 Å². The Morgan fingerprint density at radius 1 is 1.37 bits per heavy atom. The van der Waals surface area contributed by atoms with E-state index >= 15 is 0 Å². The molecule has 19 heavy (non-hydrogen) atoms. The zero-order chi connectivity index (χ0) is 14.0. The number of thioether (sulfide) groups is 1. The van der Waals surface area contributed by atoms with Crippen LogP contribution < -0.4 is 5.43 Å². The van der Waals surface area contributed by atoms with E-state index in [9.17, 15) is 9.59 Å². The first-order valence-corrected chi connectivity index (χ1v) is 7.16. The largest absolute Gasteiger partial charge is 0.460 e. The Kier molecular flexibility index (Phi) is 4.10. The Balaban J connectivity index is 2.77. The molecule has 1 heterocycles. The fraction of sp³-hybridized carbons (Fsp3) is 0.333. The van der Waals surface area contributed by atoms with Crippen molar-refractivity contribution >= 4 is 29.0 Å². The van der Waals surface area contributed by atoms with Gasteiger partial charge in [-0.1, -0.05) is 20.8 Å². The van der Waals surface area contributed by atoms with E-state index in [1.807, 2.05) is 13.0 Å². The Morgan fingerprint density at radius 3 is 2.68 bits per heavy atom. The minimum absolute atomic E-state index is 0.0951. The van der Waals surface area contributed by atoms with Crippen LogP contribution in [-0.2, 0) is 6.42 Å². The van der Waals surface area contributed by atoms with Crippen LogP contribution in [0, 0.1) is 0 Å². The van der Waals surface area contributed by atoms with Gasteiger partial charge in [0.2, 0.25) is 0 Å². The average Bonchev–Trinajstić information content (AvgIpc) is 2.37. The van der Waals surface area contributed by atoms with Crippen molar-refractivity contribution in [2.24, 2.45) is 0 Å². The molecule has 2 aromatic rings. The van der Waals surface area contributed by atoms with Gasteiger partial charge in [-0.2, -0.15) is 0 Å². The second kappa shape index (κ2) is 5.61. The molecule has 1 aromatic heterocycles. The molecule has 0 radical (unpaired) electrons. The van der Waals surface area contributed by atoms with Gasteiger partial charge < -0.3 is 4.42 Å². The molecule has 0 saturated heterocycles. The van der Waals surface area contributed by atoms with Gasteiger partial charge in [-0.25, -0.2) is 0 Å². The normalized spacial score (nSPS) is 11.2. The fourth-order valence-electron chi connectivity index (χ4n) is 1.91. The summed E-state index contributed by atoms with van der Waals surface area (Å²) in [6, 6.07) is 5.05. The van der Waals surface area contributed by atoms with Gasteiger partial charge in [-0.15, -0.1) is 11.8 Å². The minimum Gasteiger partial charge on any atom is -0.460 e. The standard InChI is InChI=1S/C15H16O3S/c1-4-10-7-13(17)11-5-6-14(19-9(2)3)12(8-16)15(11)18-10/h5-9H,4H2,1-3H3. The van der Waals surface area contributed by atoms with Crippen LogP contribution in [0.1, 0.15) is 36.9 Å². The summed E-state index contributed by atoms with van der Waals surface area (Å²) in [6.45, 7) is 6.03. The summed E-state index contributed by atoms with van der Waals surface area (Å²) < 4.78 is 5.69. The quantitative estimate of drug-likeness (QED) is 0.631. The maximum absolute atomic E-state index is 12.0. The Hall–Kier alpha value is -1.55. The van der Waals surface area contributed by atoms with E-state index < -0.39 is 0 Å². The SMILES string of the molecule is CCc1cc(=O)c2ccc(SC(C)C)c(C=O)c2o1. The fourth-order valence-corrected chi connectivity index (χ4v) is 2.83. The molecule has 0 atom stereocenters. The maximum Gasteiger partial charge on any atom is 0.192 e. The molecular formula is C15H16O3S. The number of aldehydes is 1. The van der Waals surface area contributed by atoms with Crippen molar-refractivity contribution in [3.05, 3.63) is 39.7 Å². The van der Waals surface area contributed by atoms with E-state index in [2.05, 4.69) is 13.8 Å². The van der Waals surface area contributed by atoms with Crippen LogP contribution in [0.3, 0.4) is 0 Å². The molecule has 0 bridgehead atoms. The molecular weight excluding hydrogens is 260 g/mol. The Bertz CT molecular complexity index is 671. The summed E-state index contributed by atoms with van der Waals surface area (Å²) in [7, 11) is 0. The van der Waals surface area contributed by atoms with E-state index in [1.165, 1.54) is 6.07 Å². The highest BCUT2D eigenvalue weighted by molar-refractivity contribution is 8.00. The van der Waals surface area contributed by atoms with Crippen LogP contribution in [0.15, 0.2) is 32.3 Å². The summed E-state index contributed by atoms with van der Waals surface area (Å²) in [5.74, 6) is 0.604. The molecule has 0 fully saturated rings. The van der Waals surface area contributed by atoms with Gasteiger partial charge in [0.1, 0.15) is 11.3 Å². The molecule has 0 aliphatic carbocycles. The van der Waals surface area contributed by atoms with Crippen LogP contribution in [0.4, 0.5) is 0 Å². The topological polar surface area (TPSA) is 47.3 Å². The van der Waals surface area contributed by atoms with Gasteiger partial charge in [0, 0.05) is 22.6 Å². The molecule has 0 spiro atoms. The number of aryl methyl sites for hydroxylation is 1. The lowest BCUT2D eigenvalue weighted by atomic mass is 10.1. The lowest BCUT2D eigenvalue weighted by Crippen LogP contribution is -2.04. The molecule has 0 N–H and O–H groups in total. The van der Waals surface area contributed by atoms with Gasteiger partial charge in [0.25, 0.3) is 0 Å².